The molecule has 0 saturated carbocycles. The Hall–Kier alpha value is -3.07. The summed E-state index contributed by atoms with van der Waals surface area (Å²) in [6.07, 6.45) is 0. The average molecular weight is 492 g/mol. The molecular weight excluding hydrogens is 458 g/mol. The summed E-state index contributed by atoms with van der Waals surface area (Å²) in [6, 6.07) is 8.49. The van der Waals surface area contributed by atoms with Crippen LogP contribution in [-0.2, 0) is 19.7 Å². The average Bonchev–Trinajstić information content (AvgIpc) is 3.15. The smallest absolute Gasteiger partial charge is 0.325 e. The van der Waals surface area contributed by atoms with Gasteiger partial charge in [-0.1, -0.05) is 58.4 Å². The van der Waals surface area contributed by atoms with E-state index in [1.165, 1.54) is 4.90 Å². The number of carbonyl (C=O) groups is 3. The largest absolute Gasteiger partial charge is 0.465 e. The molecule has 0 aliphatic rings. The molecule has 34 heavy (non-hydrogen) atoms. The first-order chi connectivity index (χ1) is 15.9. The molecule has 10 heteroatoms. The number of anilines is 1. The Bertz CT molecular complexity index is 1010. The van der Waals surface area contributed by atoms with Gasteiger partial charge in [0.05, 0.1) is 23.0 Å². The first-order valence-corrected chi connectivity index (χ1v) is 11.6. The van der Waals surface area contributed by atoms with Crippen molar-refractivity contribution >= 4 is 35.3 Å². The second-order valence-electron chi connectivity index (χ2n) is 9.31. The van der Waals surface area contributed by atoms with E-state index >= 15 is 0 Å². The minimum absolute atomic E-state index is 0.113. The zero-order valence-corrected chi connectivity index (χ0v) is 21.4. The maximum Gasteiger partial charge on any atom is 0.325 e. The minimum atomic E-state index is -0.539. The first kappa shape index (κ1) is 27.2. The van der Waals surface area contributed by atoms with Crippen molar-refractivity contribution in [3.8, 4) is 5.69 Å². The molecule has 0 radical (unpaired) electrons. The zero-order valence-electron chi connectivity index (χ0n) is 20.6. The van der Waals surface area contributed by atoms with Gasteiger partial charge in [0.25, 0.3) is 0 Å². The van der Waals surface area contributed by atoms with Gasteiger partial charge in [-0.2, -0.15) is 5.10 Å². The number of nitrogens with zero attached hydrogens (tertiary/aromatic N) is 3. The molecule has 2 rings (SSSR count). The van der Waals surface area contributed by atoms with Crippen LogP contribution in [0.15, 0.2) is 30.3 Å². The number of aromatic nitrogens is 2. The van der Waals surface area contributed by atoms with Crippen LogP contribution in [0.3, 0.4) is 0 Å². The lowest BCUT2D eigenvalue weighted by Crippen LogP contribution is -2.47. The van der Waals surface area contributed by atoms with Gasteiger partial charge in [-0.3, -0.25) is 9.59 Å². The maximum absolute atomic E-state index is 13.0. The van der Waals surface area contributed by atoms with Gasteiger partial charge in [0.1, 0.15) is 18.9 Å². The summed E-state index contributed by atoms with van der Waals surface area (Å²) in [5.41, 5.74) is 1.14. The highest BCUT2D eigenvalue weighted by molar-refractivity contribution is 6.32. The molecule has 0 spiro atoms. The van der Waals surface area contributed by atoms with Gasteiger partial charge in [-0.05, 0) is 25.0 Å². The highest BCUT2D eigenvalue weighted by Gasteiger charge is 2.24. The molecule has 0 saturated heterocycles. The minimum Gasteiger partial charge on any atom is -0.465 e. The maximum atomic E-state index is 13.0. The molecule has 0 aliphatic heterocycles. The lowest BCUT2D eigenvalue weighted by molar-refractivity contribution is -0.141. The van der Waals surface area contributed by atoms with Crippen molar-refractivity contribution in [1.29, 1.82) is 0 Å². The third kappa shape index (κ3) is 7.76. The van der Waals surface area contributed by atoms with E-state index in [-0.39, 0.29) is 31.0 Å². The van der Waals surface area contributed by atoms with Crippen LogP contribution in [-0.4, -0.2) is 58.8 Å². The third-order valence-corrected chi connectivity index (χ3v) is 5.04. The van der Waals surface area contributed by atoms with Gasteiger partial charge in [0.2, 0.25) is 5.91 Å². The number of urea groups is 1. The molecule has 1 heterocycles. The molecule has 0 bridgehead atoms. The standard InChI is InChI=1S/C24H34ClN5O4/c1-7-34-22(32)13-26-23(33)29(14-16(2)3)15-21(31)27-20-12-19(24(4,5)6)28-30(20)18-11-9-8-10-17(18)25/h8-12,16H,7,13-15H2,1-6H3,(H,26,33)(H,27,31). The number of carbonyl (C=O) groups excluding carboxylic acids is 3. The third-order valence-electron chi connectivity index (χ3n) is 4.72. The Labute approximate surface area is 205 Å². The molecule has 1 aromatic heterocycles. The van der Waals surface area contributed by atoms with Crippen LogP contribution in [0, 0.1) is 5.92 Å². The number of para-hydroxylation sites is 1. The Balaban J connectivity index is 2.23. The number of amides is 3. The van der Waals surface area contributed by atoms with Gasteiger partial charge in [-0.15, -0.1) is 0 Å². The molecule has 9 nitrogen and oxygen atoms in total. The van der Waals surface area contributed by atoms with Crippen molar-refractivity contribution in [2.75, 3.05) is 31.6 Å². The van der Waals surface area contributed by atoms with Crippen molar-refractivity contribution in [2.24, 2.45) is 5.92 Å². The van der Waals surface area contributed by atoms with E-state index in [4.69, 9.17) is 16.3 Å². The lowest BCUT2D eigenvalue weighted by Gasteiger charge is -2.24. The molecule has 0 fully saturated rings. The highest BCUT2D eigenvalue weighted by Crippen LogP contribution is 2.29. The van der Waals surface area contributed by atoms with Gasteiger partial charge in [0.15, 0.2) is 0 Å². The summed E-state index contributed by atoms with van der Waals surface area (Å²) >= 11 is 6.38. The summed E-state index contributed by atoms with van der Waals surface area (Å²) in [5.74, 6) is -0.384. The molecule has 1 aromatic carbocycles. The number of ether oxygens (including phenoxy) is 1. The predicted octanol–water partition coefficient (Wildman–Crippen LogP) is 3.99. The van der Waals surface area contributed by atoms with Crippen LogP contribution in [0.2, 0.25) is 5.02 Å². The number of halogens is 1. The first-order valence-electron chi connectivity index (χ1n) is 11.3. The van der Waals surface area contributed by atoms with E-state index in [1.54, 1.807) is 23.7 Å². The van der Waals surface area contributed by atoms with E-state index in [0.717, 1.165) is 5.69 Å². The summed E-state index contributed by atoms with van der Waals surface area (Å²) in [4.78, 5) is 38.6. The summed E-state index contributed by atoms with van der Waals surface area (Å²) in [6.45, 7) is 11.7. The fourth-order valence-corrected chi connectivity index (χ4v) is 3.35. The Morgan fingerprint density at radius 3 is 2.47 bits per heavy atom. The second kappa shape index (κ2) is 11.9. The van der Waals surface area contributed by atoms with Gasteiger partial charge < -0.3 is 20.3 Å². The van der Waals surface area contributed by atoms with Crippen LogP contribution < -0.4 is 10.6 Å². The normalized spacial score (nSPS) is 11.3. The summed E-state index contributed by atoms with van der Waals surface area (Å²) in [7, 11) is 0. The van der Waals surface area contributed by atoms with Gasteiger partial charge in [-0.25, -0.2) is 9.48 Å². The topological polar surface area (TPSA) is 106 Å². The zero-order chi connectivity index (χ0) is 25.5. The van der Waals surface area contributed by atoms with E-state index < -0.39 is 17.9 Å². The second-order valence-corrected chi connectivity index (χ2v) is 9.72. The van der Waals surface area contributed by atoms with Crippen molar-refractivity contribution in [2.45, 2.75) is 47.0 Å². The molecule has 0 aliphatic carbocycles. The van der Waals surface area contributed by atoms with Crippen molar-refractivity contribution in [1.82, 2.24) is 20.0 Å². The van der Waals surface area contributed by atoms with Crippen LogP contribution in [0.4, 0.5) is 10.6 Å². The lowest BCUT2D eigenvalue weighted by atomic mass is 9.92. The Morgan fingerprint density at radius 1 is 1.21 bits per heavy atom. The van der Waals surface area contributed by atoms with Crippen LogP contribution >= 0.6 is 11.6 Å². The molecule has 3 amide bonds. The van der Waals surface area contributed by atoms with E-state index in [1.807, 2.05) is 52.8 Å². The summed E-state index contributed by atoms with van der Waals surface area (Å²) in [5, 5.41) is 10.5. The predicted molar refractivity (Wildman–Crippen MR) is 132 cm³/mol. The SMILES string of the molecule is CCOC(=O)CNC(=O)N(CC(=O)Nc1cc(C(C)(C)C)nn1-c1ccccc1Cl)CC(C)C. The van der Waals surface area contributed by atoms with E-state index in [9.17, 15) is 14.4 Å². The highest BCUT2D eigenvalue weighted by atomic mass is 35.5. The Kier molecular flexibility index (Phi) is 9.49. The molecule has 0 unspecified atom stereocenters. The number of rotatable bonds is 9. The number of benzene rings is 1. The van der Waals surface area contributed by atoms with Crippen molar-refractivity contribution < 1.29 is 19.1 Å². The van der Waals surface area contributed by atoms with Crippen LogP contribution in [0.1, 0.15) is 47.2 Å². The number of hydrogen-bond acceptors (Lipinski definition) is 5. The molecule has 186 valence electrons. The number of nitrogens with one attached hydrogen (secondary N) is 2. The quantitative estimate of drug-likeness (QED) is 0.516. The van der Waals surface area contributed by atoms with Crippen LogP contribution in [0.25, 0.3) is 5.69 Å². The fourth-order valence-electron chi connectivity index (χ4n) is 3.13. The number of hydrogen-bond donors (Lipinski definition) is 2. The fraction of sp³-hybridized carbons (Fsp3) is 0.500. The van der Waals surface area contributed by atoms with E-state index in [0.29, 0.717) is 23.1 Å². The molecule has 2 aromatic rings. The van der Waals surface area contributed by atoms with Crippen LogP contribution in [0.5, 0.6) is 0 Å². The van der Waals surface area contributed by atoms with E-state index in [2.05, 4.69) is 15.7 Å². The number of esters is 1. The monoisotopic (exact) mass is 491 g/mol. The summed E-state index contributed by atoms with van der Waals surface area (Å²) < 4.78 is 6.43. The molecule has 2 N–H and O–H groups in total. The van der Waals surface area contributed by atoms with Crippen molar-refractivity contribution in [3.05, 3.63) is 41.0 Å². The molecular formula is C24H34ClN5O4. The molecule has 0 atom stereocenters. The van der Waals surface area contributed by atoms with Crippen molar-refractivity contribution in [3.63, 3.8) is 0 Å². The van der Waals surface area contributed by atoms with Gasteiger partial charge >= 0.3 is 12.0 Å². The Morgan fingerprint density at radius 2 is 1.88 bits per heavy atom. The van der Waals surface area contributed by atoms with Gasteiger partial charge in [0, 0.05) is 18.0 Å².